The fraction of sp³-hybridized carbons (Fsp3) is 0.321. The van der Waals surface area contributed by atoms with Gasteiger partial charge in [-0.25, -0.2) is 0 Å². The summed E-state index contributed by atoms with van der Waals surface area (Å²) in [4.78, 5) is 32.2. The van der Waals surface area contributed by atoms with Crippen molar-refractivity contribution in [2.24, 2.45) is 5.73 Å². The molecule has 1 saturated heterocycles. The van der Waals surface area contributed by atoms with Crippen LogP contribution in [0.2, 0.25) is 0 Å². The average Bonchev–Trinajstić information content (AvgIpc) is 3.38. The Bertz CT molecular complexity index is 1160. The van der Waals surface area contributed by atoms with Gasteiger partial charge in [-0.3, -0.25) is 14.6 Å². The molecule has 1 aromatic heterocycles. The molecule has 2 heterocycles. The van der Waals surface area contributed by atoms with Crippen LogP contribution in [-0.4, -0.2) is 34.3 Å². The Labute approximate surface area is 200 Å². The molecule has 6 heteroatoms. The highest BCUT2D eigenvalue weighted by Gasteiger charge is 2.38. The van der Waals surface area contributed by atoms with Crippen molar-refractivity contribution in [1.82, 2.24) is 9.88 Å². The van der Waals surface area contributed by atoms with Crippen LogP contribution in [0.4, 0.5) is 5.69 Å². The molecule has 1 fully saturated rings. The van der Waals surface area contributed by atoms with Crippen LogP contribution < -0.4 is 11.1 Å². The minimum absolute atomic E-state index is 0.0296. The summed E-state index contributed by atoms with van der Waals surface area (Å²) in [6, 6.07) is 18.9. The van der Waals surface area contributed by atoms with Gasteiger partial charge in [0, 0.05) is 30.2 Å². The number of anilines is 1. The number of hydrogen-bond donors (Lipinski definition) is 2. The van der Waals surface area contributed by atoms with E-state index in [4.69, 9.17) is 5.73 Å². The normalized spacial score (nSPS) is 20.4. The molecule has 34 heavy (non-hydrogen) atoms. The summed E-state index contributed by atoms with van der Waals surface area (Å²) < 4.78 is 0. The third kappa shape index (κ3) is 4.46. The molecule has 1 aliphatic carbocycles. The second-order valence-electron chi connectivity index (χ2n) is 9.22. The van der Waals surface area contributed by atoms with Crippen LogP contribution in [0, 0.1) is 0 Å². The number of hydrogen-bond acceptors (Lipinski definition) is 4. The average molecular weight is 455 g/mol. The van der Waals surface area contributed by atoms with E-state index < -0.39 is 0 Å². The first-order valence-corrected chi connectivity index (χ1v) is 12.1. The van der Waals surface area contributed by atoms with Crippen LogP contribution >= 0.6 is 0 Å². The van der Waals surface area contributed by atoms with Crippen LogP contribution in [0.25, 0.3) is 0 Å². The van der Waals surface area contributed by atoms with Crippen molar-refractivity contribution in [2.45, 2.75) is 50.1 Å². The van der Waals surface area contributed by atoms with E-state index in [1.807, 2.05) is 23.1 Å². The summed E-state index contributed by atoms with van der Waals surface area (Å²) >= 11 is 0. The second-order valence-corrected chi connectivity index (χ2v) is 9.22. The Morgan fingerprint density at radius 3 is 2.53 bits per heavy atom. The molecule has 6 nitrogen and oxygen atoms in total. The second kappa shape index (κ2) is 9.77. The number of aromatic nitrogens is 1. The summed E-state index contributed by atoms with van der Waals surface area (Å²) in [5.41, 5.74) is 11.4. The maximum absolute atomic E-state index is 13.6. The van der Waals surface area contributed by atoms with Gasteiger partial charge < -0.3 is 16.0 Å². The molecule has 2 aliphatic rings. The maximum atomic E-state index is 13.6. The molecule has 2 amide bonds. The van der Waals surface area contributed by atoms with Gasteiger partial charge in [-0.2, -0.15) is 0 Å². The van der Waals surface area contributed by atoms with Gasteiger partial charge in [0.1, 0.15) is 0 Å². The molecular weight excluding hydrogens is 424 g/mol. The van der Waals surface area contributed by atoms with E-state index in [2.05, 4.69) is 28.5 Å². The minimum atomic E-state index is -0.289. The van der Waals surface area contributed by atoms with Gasteiger partial charge in [0.25, 0.3) is 5.91 Å². The lowest BCUT2D eigenvalue weighted by Crippen LogP contribution is -2.44. The van der Waals surface area contributed by atoms with E-state index in [1.54, 1.807) is 36.7 Å². The van der Waals surface area contributed by atoms with E-state index in [9.17, 15) is 9.59 Å². The van der Waals surface area contributed by atoms with Crippen LogP contribution in [0.3, 0.4) is 0 Å². The predicted molar refractivity (Wildman–Crippen MR) is 132 cm³/mol. The zero-order chi connectivity index (χ0) is 23.5. The molecule has 1 aliphatic heterocycles. The molecule has 3 atom stereocenters. The fourth-order valence-electron chi connectivity index (χ4n) is 5.37. The van der Waals surface area contributed by atoms with Crippen molar-refractivity contribution >= 4 is 17.5 Å². The van der Waals surface area contributed by atoms with Crippen molar-refractivity contribution in [3.63, 3.8) is 0 Å². The monoisotopic (exact) mass is 454 g/mol. The Kier molecular flexibility index (Phi) is 6.41. The number of rotatable bonds is 5. The van der Waals surface area contributed by atoms with Gasteiger partial charge in [-0.05, 0) is 73.1 Å². The van der Waals surface area contributed by atoms with Crippen LogP contribution in [-0.2, 0) is 11.2 Å². The van der Waals surface area contributed by atoms with Gasteiger partial charge >= 0.3 is 0 Å². The number of nitrogens with two attached hydrogens (primary N) is 1. The number of nitrogens with zero attached hydrogens (tertiary/aromatic N) is 2. The summed E-state index contributed by atoms with van der Waals surface area (Å²) in [6.45, 7) is 0.752. The van der Waals surface area contributed by atoms with Crippen LogP contribution in [0.15, 0.2) is 73.1 Å². The first kappa shape index (κ1) is 22.3. The maximum Gasteiger partial charge on any atom is 0.255 e. The van der Waals surface area contributed by atoms with E-state index in [0.717, 1.165) is 44.2 Å². The Balaban J connectivity index is 1.29. The van der Waals surface area contributed by atoms with Crippen molar-refractivity contribution in [3.8, 4) is 0 Å². The van der Waals surface area contributed by atoms with Gasteiger partial charge in [-0.15, -0.1) is 0 Å². The summed E-state index contributed by atoms with van der Waals surface area (Å²) in [6.07, 6.45) is 8.12. The number of carbonyl (C=O) groups excluding carboxylic acids is 2. The van der Waals surface area contributed by atoms with Gasteiger partial charge in [0.15, 0.2) is 0 Å². The molecule has 5 rings (SSSR count). The first-order valence-electron chi connectivity index (χ1n) is 12.1. The first-order chi connectivity index (χ1) is 16.6. The Morgan fingerprint density at radius 2 is 1.74 bits per heavy atom. The van der Waals surface area contributed by atoms with E-state index >= 15 is 0 Å². The number of pyridine rings is 1. The minimum Gasteiger partial charge on any atom is -0.337 e. The molecular formula is C28H30N4O2. The Hall–Kier alpha value is -3.51. The van der Waals surface area contributed by atoms with E-state index in [1.165, 1.54) is 11.1 Å². The molecule has 3 aromatic rings. The molecule has 0 saturated carbocycles. The van der Waals surface area contributed by atoms with Crippen LogP contribution in [0.1, 0.15) is 64.7 Å². The number of aryl methyl sites for hydroxylation is 1. The number of amides is 2. The SMILES string of the molecule is NC(c1ccc(C(=O)Nc2ccncc2)cc1)C1CCCN1C(=O)C1CCCc2ccccc21. The highest BCUT2D eigenvalue weighted by Crippen LogP contribution is 2.36. The van der Waals surface area contributed by atoms with Gasteiger partial charge in [0.05, 0.1) is 18.0 Å². The highest BCUT2D eigenvalue weighted by molar-refractivity contribution is 6.04. The quantitative estimate of drug-likeness (QED) is 0.596. The lowest BCUT2D eigenvalue weighted by atomic mass is 9.82. The van der Waals surface area contributed by atoms with Crippen molar-refractivity contribution in [3.05, 3.63) is 95.3 Å². The lowest BCUT2D eigenvalue weighted by Gasteiger charge is -2.34. The van der Waals surface area contributed by atoms with E-state index in [-0.39, 0.29) is 29.8 Å². The van der Waals surface area contributed by atoms with Crippen LogP contribution in [0.5, 0.6) is 0 Å². The number of fused-ring (bicyclic) bond motifs is 1. The molecule has 0 bridgehead atoms. The van der Waals surface area contributed by atoms with Crippen molar-refractivity contribution in [1.29, 1.82) is 0 Å². The highest BCUT2D eigenvalue weighted by atomic mass is 16.2. The topological polar surface area (TPSA) is 88.3 Å². The molecule has 0 spiro atoms. The predicted octanol–water partition coefficient (Wildman–Crippen LogP) is 4.44. The summed E-state index contributed by atoms with van der Waals surface area (Å²) in [5, 5.41) is 2.87. The third-order valence-corrected chi connectivity index (χ3v) is 7.16. The molecule has 2 aromatic carbocycles. The lowest BCUT2D eigenvalue weighted by molar-refractivity contribution is -0.134. The zero-order valence-corrected chi connectivity index (χ0v) is 19.2. The number of likely N-dealkylation sites (tertiary alicyclic amines) is 1. The summed E-state index contributed by atoms with van der Waals surface area (Å²) in [7, 11) is 0. The van der Waals surface area contributed by atoms with Crippen molar-refractivity contribution < 1.29 is 9.59 Å². The smallest absolute Gasteiger partial charge is 0.255 e. The van der Waals surface area contributed by atoms with Gasteiger partial charge in [-0.1, -0.05) is 36.4 Å². The largest absolute Gasteiger partial charge is 0.337 e. The molecule has 3 N–H and O–H groups in total. The number of nitrogens with one attached hydrogen (secondary N) is 1. The Morgan fingerprint density at radius 1 is 0.971 bits per heavy atom. The summed E-state index contributed by atoms with van der Waals surface area (Å²) in [5.74, 6) is -0.0459. The van der Waals surface area contributed by atoms with E-state index in [0.29, 0.717) is 11.3 Å². The third-order valence-electron chi connectivity index (χ3n) is 7.16. The van der Waals surface area contributed by atoms with Gasteiger partial charge in [0.2, 0.25) is 5.91 Å². The number of benzene rings is 2. The molecule has 174 valence electrons. The molecule has 0 radical (unpaired) electrons. The van der Waals surface area contributed by atoms with Crippen molar-refractivity contribution in [2.75, 3.05) is 11.9 Å². The number of carbonyl (C=O) groups is 2. The zero-order valence-electron chi connectivity index (χ0n) is 19.2. The standard InChI is InChI=1S/C28H30N4O2/c29-26(20-10-12-21(13-11-20)27(33)31-22-14-16-30-17-15-22)25-9-4-18-32(25)28(34)24-8-3-6-19-5-1-2-7-23(19)24/h1-2,5,7,10-17,24-26H,3-4,6,8-9,18,29H2,(H,30,31,33). The fourth-order valence-corrected chi connectivity index (χ4v) is 5.37. The molecule has 3 unspecified atom stereocenters.